The van der Waals surface area contributed by atoms with Crippen LogP contribution in [0.4, 0.5) is 5.69 Å². The standard InChI is InChI=1S/C34H44BNO5/c1-33(2,3)41-30(37)18-11-25-9-12-26(13-10-25)31(27-14-16-29(17-15-27)36-19-21-38-22-20-36)32(28-7-6-8-28)35-39-23-34(4,5)24-40-35/h9-18,28H,6-8,19-24H2,1-5H3/b18-11+,32-31+. The van der Waals surface area contributed by atoms with Gasteiger partial charge in [0.2, 0.25) is 0 Å². The Balaban J connectivity index is 1.50. The molecule has 5 rings (SSSR count). The van der Waals surface area contributed by atoms with Crippen molar-refractivity contribution in [1.82, 2.24) is 0 Å². The van der Waals surface area contributed by atoms with Gasteiger partial charge in [-0.05, 0) is 85.5 Å². The van der Waals surface area contributed by atoms with E-state index in [-0.39, 0.29) is 18.5 Å². The summed E-state index contributed by atoms with van der Waals surface area (Å²) in [5, 5.41) is 0. The molecule has 0 aromatic heterocycles. The summed E-state index contributed by atoms with van der Waals surface area (Å²) in [6.07, 6.45) is 6.82. The van der Waals surface area contributed by atoms with E-state index in [1.54, 1.807) is 6.08 Å². The van der Waals surface area contributed by atoms with Gasteiger partial charge in [0, 0.05) is 43.5 Å². The Morgan fingerprint density at radius 3 is 2.07 bits per heavy atom. The van der Waals surface area contributed by atoms with Gasteiger partial charge in [0.1, 0.15) is 5.60 Å². The van der Waals surface area contributed by atoms with Gasteiger partial charge in [0.15, 0.2) is 0 Å². The number of hydrogen-bond donors (Lipinski definition) is 0. The van der Waals surface area contributed by atoms with E-state index in [1.165, 1.54) is 29.2 Å². The number of carbonyl (C=O) groups is 1. The second-order valence-electron chi connectivity index (χ2n) is 13.2. The first kappa shape index (κ1) is 29.6. The fraction of sp³-hybridized carbons (Fsp3) is 0.500. The maximum Gasteiger partial charge on any atom is 0.490 e. The number of allylic oxidation sites excluding steroid dienone is 1. The van der Waals surface area contributed by atoms with E-state index in [4.69, 9.17) is 18.8 Å². The van der Waals surface area contributed by atoms with Crippen LogP contribution < -0.4 is 4.90 Å². The van der Waals surface area contributed by atoms with E-state index in [2.05, 4.69) is 67.3 Å². The van der Waals surface area contributed by atoms with Crippen LogP contribution in [0.25, 0.3) is 11.6 Å². The molecule has 0 bridgehead atoms. The Morgan fingerprint density at radius 1 is 0.951 bits per heavy atom. The molecule has 1 aliphatic carbocycles. The SMILES string of the molecule is CC1(C)COB(/C(=C(\c2ccc(/C=C/C(=O)OC(C)(C)C)cc2)c2ccc(N3CCOCC3)cc2)C2CCC2)OC1. The van der Waals surface area contributed by atoms with Crippen molar-refractivity contribution >= 4 is 30.4 Å². The Bertz CT molecular complexity index is 1240. The molecule has 2 aliphatic heterocycles. The van der Waals surface area contributed by atoms with E-state index in [0.29, 0.717) is 19.1 Å². The highest BCUT2D eigenvalue weighted by molar-refractivity contribution is 6.56. The number of hydrogen-bond acceptors (Lipinski definition) is 6. The molecule has 7 heteroatoms. The van der Waals surface area contributed by atoms with E-state index >= 15 is 0 Å². The molecule has 2 aromatic carbocycles. The maximum absolute atomic E-state index is 12.2. The van der Waals surface area contributed by atoms with E-state index in [1.807, 2.05) is 20.8 Å². The molecule has 0 spiro atoms. The summed E-state index contributed by atoms with van der Waals surface area (Å²) in [6.45, 7) is 14.7. The zero-order valence-electron chi connectivity index (χ0n) is 25.3. The van der Waals surface area contributed by atoms with Crippen molar-refractivity contribution in [2.24, 2.45) is 11.3 Å². The van der Waals surface area contributed by atoms with Gasteiger partial charge in [0.25, 0.3) is 0 Å². The Hall–Kier alpha value is -2.87. The number of ether oxygens (including phenoxy) is 2. The summed E-state index contributed by atoms with van der Waals surface area (Å²) in [5.41, 5.74) is 6.38. The lowest BCUT2D eigenvalue weighted by Crippen LogP contribution is -2.44. The first-order valence-electron chi connectivity index (χ1n) is 15.0. The quantitative estimate of drug-likeness (QED) is 0.218. The molecule has 0 atom stereocenters. The molecular weight excluding hydrogens is 513 g/mol. The number of anilines is 1. The van der Waals surface area contributed by atoms with Gasteiger partial charge < -0.3 is 23.7 Å². The lowest BCUT2D eigenvalue weighted by Gasteiger charge is -2.39. The predicted molar refractivity (Wildman–Crippen MR) is 166 cm³/mol. The van der Waals surface area contributed by atoms with Gasteiger partial charge in [-0.2, -0.15) is 0 Å². The number of esters is 1. The summed E-state index contributed by atoms with van der Waals surface area (Å²) in [5.74, 6) is 0.0891. The Morgan fingerprint density at radius 2 is 1.54 bits per heavy atom. The van der Waals surface area contributed by atoms with Crippen molar-refractivity contribution < 1.29 is 23.6 Å². The van der Waals surface area contributed by atoms with Crippen LogP contribution in [0, 0.1) is 11.3 Å². The molecule has 0 amide bonds. The number of rotatable bonds is 7. The molecule has 0 unspecified atom stereocenters. The molecule has 218 valence electrons. The summed E-state index contributed by atoms with van der Waals surface area (Å²) in [4.78, 5) is 14.6. The maximum atomic E-state index is 12.2. The van der Waals surface area contributed by atoms with Crippen molar-refractivity contribution in [1.29, 1.82) is 0 Å². The largest absolute Gasteiger partial charge is 0.490 e. The Kier molecular flexibility index (Phi) is 9.07. The average Bonchev–Trinajstić information content (AvgIpc) is 2.91. The molecule has 2 heterocycles. The van der Waals surface area contributed by atoms with Crippen LogP contribution in [0.2, 0.25) is 0 Å². The molecule has 2 aromatic rings. The lowest BCUT2D eigenvalue weighted by atomic mass is 9.59. The van der Waals surface area contributed by atoms with Crippen LogP contribution in [-0.2, 0) is 23.6 Å². The summed E-state index contributed by atoms with van der Waals surface area (Å²) in [7, 11) is -0.353. The fourth-order valence-electron chi connectivity index (χ4n) is 5.53. The molecule has 3 fully saturated rings. The minimum absolute atomic E-state index is 0.00329. The second-order valence-corrected chi connectivity index (χ2v) is 13.2. The topological polar surface area (TPSA) is 57.2 Å². The third-order valence-corrected chi connectivity index (χ3v) is 7.89. The molecule has 41 heavy (non-hydrogen) atoms. The molecule has 0 radical (unpaired) electrons. The molecule has 6 nitrogen and oxygen atoms in total. The third kappa shape index (κ3) is 7.70. The second kappa shape index (κ2) is 12.6. The van der Waals surface area contributed by atoms with Crippen molar-refractivity contribution in [2.75, 3.05) is 44.4 Å². The van der Waals surface area contributed by atoms with Crippen LogP contribution in [0.3, 0.4) is 0 Å². The summed E-state index contributed by atoms with van der Waals surface area (Å²) in [6, 6.07) is 17.3. The first-order valence-corrected chi connectivity index (χ1v) is 15.0. The van der Waals surface area contributed by atoms with Crippen molar-refractivity contribution in [2.45, 2.75) is 59.5 Å². The van der Waals surface area contributed by atoms with Crippen LogP contribution in [-0.4, -0.2) is 58.2 Å². The van der Waals surface area contributed by atoms with Gasteiger partial charge in [-0.15, -0.1) is 0 Å². The van der Waals surface area contributed by atoms with E-state index < -0.39 is 5.60 Å². The first-order chi connectivity index (χ1) is 19.6. The highest BCUT2D eigenvalue weighted by Crippen LogP contribution is 2.43. The molecule has 1 saturated carbocycles. The number of carbonyl (C=O) groups excluding carboxylic acids is 1. The minimum Gasteiger partial charge on any atom is -0.457 e. The monoisotopic (exact) mass is 557 g/mol. The highest BCUT2D eigenvalue weighted by Gasteiger charge is 2.41. The van der Waals surface area contributed by atoms with Gasteiger partial charge in [-0.25, -0.2) is 4.79 Å². The van der Waals surface area contributed by atoms with Crippen molar-refractivity contribution in [3.63, 3.8) is 0 Å². The van der Waals surface area contributed by atoms with Crippen LogP contribution in [0.15, 0.2) is 60.1 Å². The van der Waals surface area contributed by atoms with Gasteiger partial charge in [0.05, 0.1) is 13.2 Å². The zero-order chi connectivity index (χ0) is 29.0. The molecule has 2 saturated heterocycles. The third-order valence-electron chi connectivity index (χ3n) is 7.89. The van der Waals surface area contributed by atoms with Gasteiger partial charge >= 0.3 is 13.1 Å². The smallest absolute Gasteiger partial charge is 0.457 e. The van der Waals surface area contributed by atoms with Gasteiger partial charge in [-0.1, -0.05) is 56.7 Å². The van der Waals surface area contributed by atoms with E-state index in [0.717, 1.165) is 55.8 Å². The Labute approximate surface area is 245 Å². The average molecular weight is 558 g/mol. The van der Waals surface area contributed by atoms with E-state index in [9.17, 15) is 4.79 Å². The fourth-order valence-corrected chi connectivity index (χ4v) is 5.53. The molecule has 0 N–H and O–H groups in total. The predicted octanol–water partition coefficient (Wildman–Crippen LogP) is 6.58. The molecule has 3 aliphatic rings. The lowest BCUT2D eigenvalue weighted by molar-refractivity contribution is -0.148. The van der Waals surface area contributed by atoms with Crippen LogP contribution in [0.1, 0.15) is 70.6 Å². The summed E-state index contributed by atoms with van der Waals surface area (Å²) < 4.78 is 23.8. The van der Waals surface area contributed by atoms with Crippen LogP contribution in [0.5, 0.6) is 0 Å². The number of benzene rings is 2. The zero-order valence-corrected chi connectivity index (χ0v) is 25.3. The van der Waals surface area contributed by atoms with Crippen molar-refractivity contribution in [3.05, 3.63) is 76.8 Å². The van der Waals surface area contributed by atoms with Crippen LogP contribution >= 0.6 is 0 Å². The number of morpholine rings is 1. The summed E-state index contributed by atoms with van der Waals surface area (Å²) >= 11 is 0. The van der Waals surface area contributed by atoms with Crippen molar-refractivity contribution in [3.8, 4) is 0 Å². The normalized spacial score (nSPS) is 20.5. The van der Waals surface area contributed by atoms with Gasteiger partial charge in [-0.3, -0.25) is 0 Å². The molecular formula is C34H44BNO5. The number of nitrogens with zero attached hydrogens (tertiary/aromatic N) is 1. The minimum atomic E-state index is -0.515. The highest BCUT2D eigenvalue weighted by atomic mass is 16.6.